The first-order chi connectivity index (χ1) is 15.4. The molecular weight excluding hydrogens is 458 g/mol. The number of hydrogen-bond donors (Lipinski definition) is 1. The fourth-order valence-electron chi connectivity index (χ4n) is 3.01. The summed E-state index contributed by atoms with van der Waals surface area (Å²) in [6.07, 6.45) is -0.104. The van der Waals surface area contributed by atoms with Crippen LogP contribution in [0.25, 0.3) is 10.2 Å². The van der Waals surface area contributed by atoms with Crippen LogP contribution in [0.4, 0.5) is 8.78 Å². The van der Waals surface area contributed by atoms with Gasteiger partial charge in [-0.25, -0.2) is 13.8 Å². The molecule has 0 unspecified atom stereocenters. The molecule has 9 heteroatoms. The van der Waals surface area contributed by atoms with E-state index in [0.717, 1.165) is 22.3 Å². The highest BCUT2D eigenvalue weighted by atomic mass is 35.5. The number of carbonyl (C=O) groups is 2. The van der Waals surface area contributed by atoms with E-state index < -0.39 is 29.0 Å². The summed E-state index contributed by atoms with van der Waals surface area (Å²) in [5, 5.41) is 3.13. The Morgan fingerprint density at radius 3 is 2.62 bits per heavy atom. The van der Waals surface area contributed by atoms with Crippen molar-refractivity contribution in [2.75, 3.05) is 0 Å². The maximum absolute atomic E-state index is 14.8. The van der Waals surface area contributed by atoms with E-state index in [0.29, 0.717) is 15.6 Å². The van der Waals surface area contributed by atoms with Gasteiger partial charge in [0.15, 0.2) is 11.6 Å². The number of benzene rings is 3. The molecule has 0 radical (unpaired) electrons. The van der Waals surface area contributed by atoms with Crippen LogP contribution in [0, 0.1) is 11.6 Å². The van der Waals surface area contributed by atoms with Crippen molar-refractivity contribution in [2.24, 2.45) is 0 Å². The van der Waals surface area contributed by atoms with E-state index in [1.54, 1.807) is 48.5 Å². The Morgan fingerprint density at radius 2 is 1.84 bits per heavy atom. The van der Waals surface area contributed by atoms with Crippen LogP contribution in [-0.4, -0.2) is 16.8 Å². The lowest BCUT2D eigenvalue weighted by Gasteiger charge is -2.10. The number of thiazole rings is 1. The summed E-state index contributed by atoms with van der Waals surface area (Å²) in [7, 11) is 0. The number of hydrogen-bond acceptors (Lipinski definition) is 5. The lowest BCUT2D eigenvalue weighted by molar-refractivity contribution is -0.119. The molecule has 5 nitrogen and oxygen atoms in total. The first-order valence-corrected chi connectivity index (χ1v) is 10.6. The van der Waals surface area contributed by atoms with E-state index >= 15 is 0 Å². The summed E-state index contributed by atoms with van der Waals surface area (Å²) in [6.45, 7) is -0.0898. The van der Waals surface area contributed by atoms with Crippen LogP contribution in [0.2, 0.25) is 5.02 Å². The topological polar surface area (TPSA) is 68.3 Å². The lowest BCUT2D eigenvalue weighted by atomic mass is 10.1. The Kier molecular flexibility index (Phi) is 6.43. The Bertz CT molecular complexity index is 1310. The fourth-order valence-corrected chi connectivity index (χ4v) is 4.17. The monoisotopic (exact) mass is 472 g/mol. The largest absolute Gasteiger partial charge is 0.483 e. The second-order valence-corrected chi connectivity index (χ2v) is 8.33. The standard InChI is InChI=1S/C23H15ClF2N2O3S/c24-14-6-8-16-18(11-14)32-20(27-16)12-31-17-9-7-15(25)21(22(17)26)23(30)28-19(29)10-13-4-2-1-3-5-13/h1-9,11H,10,12H2,(H,28,29,30). The van der Waals surface area contributed by atoms with Gasteiger partial charge in [0, 0.05) is 5.02 Å². The molecule has 0 spiro atoms. The van der Waals surface area contributed by atoms with E-state index in [-0.39, 0.29) is 18.8 Å². The normalized spacial score (nSPS) is 10.8. The summed E-state index contributed by atoms with van der Waals surface area (Å²) in [4.78, 5) is 28.8. The third kappa shape index (κ3) is 4.92. The number of rotatable bonds is 6. The number of nitrogens with one attached hydrogen (secondary N) is 1. The van der Waals surface area contributed by atoms with Crippen LogP contribution in [0.5, 0.6) is 5.75 Å². The van der Waals surface area contributed by atoms with E-state index in [4.69, 9.17) is 16.3 Å². The van der Waals surface area contributed by atoms with Gasteiger partial charge in [0.1, 0.15) is 23.0 Å². The van der Waals surface area contributed by atoms with Crippen molar-refractivity contribution in [2.45, 2.75) is 13.0 Å². The second-order valence-electron chi connectivity index (χ2n) is 6.78. The van der Waals surface area contributed by atoms with Gasteiger partial charge in [-0.3, -0.25) is 14.9 Å². The highest BCUT2D eigenvalue weighted by molar-refractivity contribution is 7.18. The third-order valence-corrected chi connectivity index (χ3v) is 5.72. The molecule has 1 N–H and O–H groups in total. The molecule has 162 valence electrons. The molecule has 0 saturated heterocycles. The van der Waals surface area contributed by atoms with Crippen molar-refractivity contribution in [3.63, 3.8) is 0 Å². The van der Waals surface area contributed by atoms with Gasteiger partial charge >= 0.3 is 0 Å². The molecule has 4 aromatic rings. The van der Waals surface area contributed by atoms with Gasteiger partial charge < -0.3 is 4.74 Å². The molecule has 0 saturated carbocycles. The van der Waals surface area contributed by atoms with Crippen molar-refractivity contribution in [1.82, 2.24) is 10.3 Å². The minimum absolute atomic E-state index is 0.0898. The van der Waals surface area contributed by atoms with E-state index in [1.807, 2.05) is 5.32 Å². The average Bonchev–Trinajstić information content (AvgIpc) is 3.15. The maximum atomic E-state index is 14.8. The number of ether oxygens (including phenoxy) is 1. The summed E-state index contributed by atoms with van der Waals surface area (Å²) in [5.74, 6) is -4.49. The molecule has 1 aromatic heterocycles. The lowest BCUT2D eigenvalue weighted by Crippen LogP contribution is -2.33. The van der Waals surface area contributed by atoms with E-state index in [9.17, 15) is 18.4 Å². The van der Waals surface area contributed by atoms with Gasteiger partial charge in [-0.1, -0.05) is 41.9 Å². The van der Waals surface area contributed by atoms with Gasteiger partial charge in [-0.2, -0.15) is 0 Å². The van der Waals surface area contributed by atoms with E-state index in [2.05, 4.69) is 4.98 Å². The highest BCUT2D eigenvalue weighted by Gasteiger charge is 2.23. The summed E-state index contributed by atoms with van der Waals surface area (Å²) >= 11 is 7.28. The number of amides is 2. The first kappa shape index (κ1) is 21.9. The Hall–Kier alpha value is -3.36. The van der Waals surface area contributed by atoms with Crippen LogP contribution >= 0.6 is 22.9 Å². The quantitative estimate of drug-likeness (QED) is 0.413. The molecule has 0 atom stereocenters. The van der Waals surface area contributed by atoms with Gasteiger partial charge in [-0.15, -0.1) is 11.3 Å². The van der Waals surface area contributed by atoms with Crippen molar-refractivity contribution < 1.29 is 23.1 Å². The zero-order valence-electron chi connectivity index (χ0n) is 16.4. The Balaban J connectivity index is 1.47. The van der Waals surface area contributed by atoms with E-state index in [1.165, 1.54) is 11.3 Å². The number of fused-ring (bicyclic) bond motifs is 1. The number of aromatic nitrogens is 1. The van der Waals surface area contributed by atoms with Crippen molar-refractivity contribution >= 4 is 45.0 Å². The molecule has 0 fully saturated rings. The SMILES string of the molecule is O=C(Cc1ccccc1)NC(=O)c1c(F)ccc(OCc2nc3ccc(Cl)cc3s2)c1F. The highest BCUT2D eigenvalue weighted by Crippen LogP contribution is 2.28. The van der Waals surface area contributed by atoms with Gasteiger partial charge in [0.2, 0.25) is 5.91 Å². The number of imide groups is 1. The van der Waals surface area contributed by atoms with Crippen LogP contribution in [0.1, 0.15) is 20.9 Å². The molecule has 32 heavy (non-hydrogen) atoms. The first-order valence-electron chi connectivity index (χ1n) is 9.44. The van der Waals surface area contributed by atoms with Gasteiger partial charge in [-0.05, 0) is 35.9 Å². The van der Waals surface area contributed by atoms with Gasteiger partial charge in [0.25, 0.3) is 5.91 Å². The smallest absolute Gasteiger partial charge is 0.263 e. The molecule has 2 amide bonds. The minimum Gasteiger partial charge on any atom is -0.483 e. The second kappa shape index (κ2) is 9.42. The predicted molar refractivity (Wildman–Crippen MR) is 118 cm³/mol. The molecule has 4 rings (SSSR count). The molecule has 0 aliphatic carbocycles. The van der Waals surface area contributed by atoms with Gasteiger partial charge in [0.05, 0.1) is 16.6 Å². The zero-order valence-corrected chi connectivity index (χ0v) is 18.0. The Morgan fingerprint density at radius 1 is 1.06 bits per heavy atom. The molecule has 1 heterocycles. The maximum Gasteiger partial charge on any atom is 0.263 e. The fraction of sp³-hybridized carbons (Fsp3) is 0.0870. The minimum atomic E-state index is -1.20. The zero-order chi connectivity index (χ0) is 22.7. The number of halogens is 3. The molecule has 3 aromatic carbocycles. The number of nitrogens with zero attached hydrogens (tertiary/aromatic N) is 1. The van der Waals surface area contributed by atoms with Crippen molar-refractivity contribution in [3.8, 4) is 5.75 Å². The summed E-state index contributed by atoms with van der Waals surface area (Å²) in [5.41, 5.74) is 0.488. The summed E-state index contributed by atoms with van der Waals surface area (Å²) < 4.78 is 35.3. The van der Waals surface area contributed by atoms with Crippen molar-refractivity contribution in [1.29, 1.82) is 0 Å². The molecule has 0 aliphatic heterocycles. The predicted octanol–water partition coefficient (Wildman–Crippen LogP) is 5.31. The average molecular weight is 473 g/mol. The molecule has 0 aliphatic rings. The van der Waals surface area contributed by atoms with Crippen LogP contribution in [-0.2, 0) is 17.8 Å². The van der Waals surface area contributed by atoms with Crippen LogP contribution in [0.15, 0.2) is 60.7 Å². The van der Waals surface area contributed by atoms with Crippen LogP contribution < -0.4 is 10.1 Å². The van der Waals surface area contributed by atoms with Crippen LogP contribution in [0.3, 0.4) is 0 Å². The molecular formula is C23H15ClF2N2O3S. The number of carbonyl (C=O) groups excluding carboxylic acids is 2. The summed E-state index contributed by atoms with van der Waals surface area (Å²) in [6, 6.07) is 15.9. The third-order valence-electron chi connectivity index (χ3n) is 4.49. The van der Waals surface area contributed by atoms with Crippen molar-refractivity contribution in [3.05, 3.63) is 93.5 Å². The Labute approximate surface area is 190 Å². The molecule has 0 bridgehead atoms.